The number of hydrogen-bond donors (Lipinski definition) is 2. The van der Waals surface area contributed by atoms with Crippen LogP contribution in [0.3, 0.4) is 0 Å². The van der Waals surface area contributed by atoms with E-state index in [1.54, 1.807) is 16.2 Å². The third kappa shape index (κ3) is 7.39. The monoisotopic (exact) mass is 849 g/mol. The van der Waals surface area contributed by atoms with Crippen molar-refractivity contribution in [3.63, 3.8) is 0 Å². The number of amidine groups is 2. The number of allylic oxidation sites excluding steroid dienone is 11. The zero-order valence-electron chi connectivity index (χ0n) is 37.1. The van der Waals surface area contributed by atoms with Crippen LogP contribution < -0.4 is 16.0 Å². The molecule has 322 valence electrons. The lowest BCUT2D eigenvalue weighted by Gasteiger charge is -2.47. The van der Waals surface area contributed by atoms with Crippen molar-refractivity contribution in [2.24, 2.45) is 38.9 Å². The molecule has 3 heterocycles. The van der Waals surface area contributed by atoms with Gasteiger partial charge in [0, 0.05) is 57.5 Å². The first-order valence-electron chi connectivity index (χ1n) is 24.1. The van der Waals surface area contributed by atoms with E-state index in [4.69, 9.17) is 15.7 Å². The molecule has 1 saturated heterocycles. The minimum absolute atomic E-state index is 0.00552. The molecule has 0 radical (unpaired) electrons. The summed E-state index contributed by atoms with van der Waals surface area (Å²) in [5.74, 6) is 2.96. The molecule has 6 heteroatoms. The van der Waals surface area contributed by atoms with Crippen molar-refractivity contribution >= 4 is 34.7 Å². The van der Waals surface area contributed by atoms with Crippen molar-refractivity contribution < 1.29 is 0 Å². The molecular formula is C57H63N5S. The van der Waals surface area contributed by atoms with Crippen LogP contribution >= 0.6 is 11.8 Å². The molecule has 8 aliphatic rings. The second-order valence-electron chi connectivity index (χ2n) is 19.5. The second kappa shape index (κ2) is 17.2. The first kappa shape index (κ1) is 40.8. The number of benzene rings is 3. The van der Waals surface area contributed by atoms with Gasteiger partial charge in [-0.05, 0) is 121 Å². The molecular weight excluding hydrogens is 787 g/mol. The molecule has 0 saturated carbocycles. The van der Waals surface area contributed by atoms with Crippen LogP contribution in [0.4, 0.5) is 5.69 Å². The summed E-state index contributed by atoms with van der Waals surface area (Å²) >= 11 is 2.17. The molecule has 10 unspecified atom stereocenters. The fourth-order valence-corrected chi connectivity index (χ4v) is 14.5. The van der Waals surface area contributed by atoms with Gasteiger partial charge < -0.3 is 16.0 Å². The summed E-state index contributed by atoms with van der Waals surface area (Å²) in [6.45, 7) is 5.01. The number of thioether (sulfide) groups is 1. The smallest absolute Gasteiger partial charge is 0.148 e. The van der Waals surface area contributed by atoms with Crippen molar-refractivity contribution in [2.45, 2.75) is 120 Å². The lowest BCUT2D eigenvalue weighted by atomic mass is 9.59. The average molecular weight is 850 g/mol. The molecule has 11 rings (SSSR count). The summed E-state index contributed by atoms with van der Waals surface area (Å²) in [7, 11) is 0. The van der Waals surface area contributed by atoms with Crippen molar-refractivity contribution in [1.82, 2.24) is 5.32 Å². The van der Waals surface area contributed by atoms with E-state index in [2.05, 4.69) is 175 Å². The maximum Gasteiger partial charge on any atom is 0.148 e. The lowest BCUT2D eigenvalue weighted by molar-refractivity contribution is 0.156. The topological polar surface area (TPSA) is 66.0 Å². The Morgan fingerprint density at radius 2 is 1.75 bits per heavy atom. The maximum absolute atomic E-state index is 8.12. The van der Waals surface area contributed by atoms with Crippen molar-refractivity contribution in [2.75, 3.05) is 4.90 Å². The van der Waals surface area contributed by atoms with Crippen LogP contribution in [0.15, 0.2) is 166 Å². The van der Waals surface area contributed by atoms with Crippen LogP contribution in [-0.4, -0.2) is 35.2 Å². The van der Waals surface area contributed by atoms with E-state index in [0.29, 0.717) is 17.2 Å². The number of nitrogens with zero attached hydrogens (tertiary/aromatic N) is 3. The molecule has 0 bridgehead atoms. The summed E-state index contributed by atoms with van der Waals surface area (Å²) in [6, 6.07) is 29.4. The van der Waals surface area contributed by atoms with Gasteiger partial charge in [0.25, 0.3) is 0 Å². The highest BCUT2D eigenvalue weighted by molar-refractivity contribution is 8.04. The van der Waals surface area contributed by atoms with Gasteiger partial charge in [0.05, 0.1) is 0 Å². The molecule has 0 aromatic heterocycles. The van der Waals surface area contributed by atoms with E-state index in [-0.39, 0.29) is 41.3 Å². The second-order valence-corrected chi connectivity index (χ2v) is 20.8. The highest BCUT2D eigenvalue weighted by atomic mass is 32.2. The van der Waals surface area contributed by atoms with Crippen molar-refractivity contribution in [3.05, 3.63) is 178 Å². The highest BCUT2D eigenvalue weighted by Gasteiger charge is 2.57. The molecule has 5 nitrogen and oxygen atoms in total. The Bertz CT molecular complexity index is 2520. The third-order valence-corrected chi connectivity index (χ3v) is 17.5. The van der Waals surface area contributed by atoms with Crippen LogP contribution in [-0.2, 0) is 0 Å². The summed E-state index contributed by atoms with van der Waals surface area (Å²) in [5, 5.41) is 4.20. The predicted molar refractivity (Wildman–Crippen MR) is 266 cm³/mol. The van der Waals surface area contributed by atoms with Gasteiger partial charge in [-0.25, -0.2) is 9.98 Å². The lowest BCUT2D eigenvalue weighted by Crippen LogP contribution is -2.52. The normalized spacial score (nSPS) is 30.8. The maximum atomic E-state index is 8.12. The third-order valence-electron chi connectivity index (χ3n) is 15.9. The van der Waals surface area contributed by atoms with E-state index in [1.807, 2.05) is 0 Å². The van der Waals surface area contributed by atoms with Gasteiger partial charge in [-0.3, -0.25) is 0 Å². The van der Waals surface area contributed by atoms with Crippen LogP contribution in [0.5, 0.6) is 0 Å². The SMILES string of the molecule is CC(CC(C1N=C(c2ccccc2)NC(C2C=CC=CC2)=N1)C(N)C1CCC=C2SC3CC4C(C=C3C21C)c1ccccc1N4C1=CCCCC1)c1ccccc1C1=CCCC=C1. The van der Waals surface area contributed by atoms with E-state index < -0.39 is 0 Å². The number of aliphatic imine (C=N–C) groups is 2. The highest BCUT2D eigenvalue weighted by Crippen LogP contribution is 2.66. The molecule has 5 aliphatic carbocycles. The average Bonchev–Trinajstić information content (AvgIpc) is 3.83. The van der Waals surface area contributed by atoms with Gasteiger partial charge in [-0.1, -0.05) is 147 Å². The van der Waals surface area contributed by atoms with Gasteiger partial charge in [-0.15, -0.1) is 11.8 Å². The Morgan fingerprint density at radius 3 is 2.57 bits per heavy atom. The largest absolute Gasteiger partial charge is 0.341 e. The van der Waals surface area contributed by atoms with Crippen LogP contribution in [0, 0.1) is 23.2 Å². The number of rotatable bonds is 10. The fourth-order valence-electron chi connectivity index (χ4n) is 12.7. The van der Waals surface area contributed by atoms with Gasteiger partial charge in [0.2, 0.25) is 0 Å². The molecule has 1 fully saturated rings. The van der Waals surface area contributed by atoms with E-state index in [1.165, 1.54) is 60.1 Å². The first-order chi connectivity index (χ1) is 31.0. The molecule has 3 N–H and O–H groups in total. The Balaban J connectivity index is 0.999. The van der Waals surface area contributed by atoms with Crippen molar-refractivity contribution in [3.8, 4) is 0 Å². The summed E-state index contributed by atoms with van der Waals surface area (Å²) in [5.41, 5.74) is 19.3. The minimum Gasteiger partial charge on any atom is -0.341 e. The zero-order valence-corrected chi connectivity index (χ0v) is 37.9. The van der Waals surface area contributed by atoms with Crippen LogP contribution in [0.25, 0.3) is 5.57 Å². The molecule has 3 aromatic carbocycles. The Kier molecular flexibility index (Phi) is 11.2. The Labute approximate surface area is 379 Å². The van der Waals surface area contributed by atoms with Gasteiger partial charge in [0.1, 0.15) is 17.8 Å². The van der Waals surface area contributed by atoms with E-state index in [9.17, 15) is 0 Å². The van der Waals surface area contributed by atoms with Gasteiger partial charge >= 0.3 is 0 Å². The van der Waals surface area contributed by atoms with E-state index in [0.717, 1.165) is 55.8 Å². The number of anilines is 1. The number of para-hydroxylation sites is 1. The van der Waals surface area contributed by atoms with Crippen LogP contribution in [0.1, 0.15) is 119 Å². The molecule has 10 atom stereocenters. The molecule has 0 spiro atoms. The number of nitrogens with one attached hydrogen (secondary N) is 1. The Hall–Kier alpha value is -4.91. The summed E-state index contributed by atoms with van der Waals surface area (Å²) in [4.78, 5) is 15.6. The zero-order chi connectivity index (χ0) is 42.5. The quantitative estimate of drug-likeness (QED) is 0.200. The molecule has 3 aromatic rings. The molecule has 0 amide bonds. The van der Waals surface area contributed by atoms with Gasteiger partial charge in [0.15, 0.2) is 0 Å². The van der Waals surface area contributed by atoms with Crippen LogP contribution in [0.2, 0.25) is 0 Å². The summed E-state index contributed by atoms with van der Waals surface area (Å²) in [6.07, 6.45) is 35.8. The predicted octanol–water partition coefficient (Wildman–Crippen LogP) is 12.9. The standard InChI is InChI=1S/C57H63N5S/c1-37(42-28-15-16-29-43(42)38-20-7-3-8-21-38)34-46(56-60-54(39-22-9-4-10-23-39)59-55(61-56)40-24-11-5-12-25-40)53(58)47-31-19-33-52-57(47,2)48-35-45-44-30-17-18-32-49(44)62(41-26-13-6-14-27-41)50(45)36-51(48)63-52/h4-5,7,9-12,15-18,20-24,26,28-30,32-33,35,37,40,45-47,50-51,53,56H,3,6,8,13-14,19,25,27,31,34,36,58H2,1-2H3,(H,59,60,61). The molecule has 63 heavy (non-hydrogen) atoms. The number of hydrogen-bond acceptors (Lipinski definition) is 6. The van der Waals surface area contributed by atoms with Gasteiger partial charge in [-0.2, -0.15) is 0 Å². The van der Waals surface area contributed by atoms with Crippen molar-refractivity contribution in [1.29, 1.82) is 0 Å². The fraction of sp³-hybridized carbons (Fsp3) is 0.404. The minimum atomic E-state index is -0.319. The number of fused-ring (bicyclic) bond motifs is 6. The summed E-state index contributed by atoms with van der Waals surface area (Å²) < 4.78 is 0. The molecule has 3 aliphatic heterocycles. The number of nitrogens with two attached hydrogens (primary N) is 1. The Morgan fingerprint density at radius 1 is 0.889 bits per heavy atom. The van der Waals surface area contributed by atoms with E-state index >= 15 is 0 Å². The first-order valence-corrected chi connectivity index (χ1v) is 25.0.